The van der Waals surface area contributed by atoms with Gasteiger partial charge in [-0.05, 0) is 12.5 Å². The number of hydrogen-bond donors (Lipinski definition) is 0. The van der Waals surface area contributed by atoms with Crippen LogP contribution in [0.5, 0.6) is 0 Å². The molecule has 0 fully saturated rings. The number of carbonyl (C=O) groups is 1. The second-order valence-corrected chi connectivity index (χ2v) is 11.8. The third-order valence-electron chi connectivity index (χ3n) is 2.70. The summed E-state index contributed by atoms with van der Waals surface area (Å²) in [6, 6.07) is 10.1. The van der Waals surface area contributed by atoms with Crippen molar-refractivity contribution >= 4 is 24.4 Å². The number of benzene rings is 1. The minimum atomic E-state index is -1.80. The van der Waals surface area contributed by atoms with Crippen molar-refractivity contribution in [3.63, 3.8) is 0 Å². The fourth-order valence-electron chi connectivity index (χ4n) is 1.84. The minimum Gasteiger partial charge on any atom is -0.338 e. The Kier molecular flexibility index (Phi) is 4.77. The van der Waals surface area contributed by atoms with Crippen molar-refractivity contribution < 1.29 is 4.79 Å². The van der Waals surface area contributed by atoms with Crippen LogP contribution in [0.4, 0.5) is 0 Å². The van der Waals surface area contributed by atoms with Crippen molar-refractivity contribution in [1.29, 1.82) is 0 Å². The van der Waals surface area contributed by atoms with Gasteiger partial charge in [0.15, 0.2) is 7.38 Å². The van der Waals surface area contributed by atoms with Crippen LogP contribution < -0.4 is 0 Å². The summed E-state index contributed by atoms with van der Waals surface area (Å²) in [5.41, 5.74) is 1.15. The van der Waals surface area contributed by atoms with E-state index in [-0.39, 0.29) is 11.9 Å². The molecular formula is C13H20ClNOSi. The Labute approximate surface area is 109 Å². The molecule has 1 atom stereocenters. The highest BCUT2D eigenvalue weighted by atomic mass is 35.6. The lowest BCUT2D eigenvalue weighted by molar-refractivity contribution is -0.130. The molecule has 0 aliphatic heterocycles. The Morgan fingerprint density at radius 3 is 2.29 bits per heavy atom. The van der Waals surface area contributed by atoms with E-state index in [2.05, 4.69) is 13.1 Å². The predicted molar refractivity (Wildman–Crippen MR) is 75.6 cm³/mol. The van der Waals surface area contributed by atoms with E-state index in [0.717, 1.165) is 5.56 Å². The van der Waals surface area contributed by atoms with Gasteiger partial charge in [0, 0.05) is 13.1 Å². The number of halogens is 1. The van der Waals surface area contributed by atoms with E-state index in [1.54, 1.807) is 6.92 Å². The number of carbonyl (C=O) groups excluding carboxylic acids is 1. The van der Waals surface area contributed by atoms with Crippen LogP contribution in [0.25, 0.3) is 0 Å². The first-order chi connectivity index (χ1) is 7.81. The van der Waals surface area contributed by atoms with E-state index < -0.39 is 7.38 Å². The highest BCUT2D eigenvalue weighted by Gasteiger charge is 2.27. The molecule has 4 heteroatoms. The van der Waals surface area contributed by atoms with Gasteiger partial charge in [-0.2, -0.15) is 11.1 Å². The number of rotatable bonds is 4. The van der Waals surface area contributed by atoms with Crippen LogP contribution in [-0.4, -0.2) is 24.4 Å². The topological polar surface area (TPSA) is 20.3 Å². The first kappa shape index (κ1) is 14.3. The molecule has 1 aromatic carbocycles. The summed E-state index contributed by atoms with van der Waals surface area (Å²) in [7, 11) is -1.80. The van der Waals surface area contributed by atoms with Gasteiger partial charge in [-0.25, -0.2) is 0 Å². The third kappa shape index (κ3) is 4.52. The van der Waals surface area contributed by atoms with E-state index >= 15 is 0 Å². The minimum absolute atomic E-state index is 0.0826. The molecule has 0 aromatic heterocycles. The fourth-order valence-corrected chi connectivity index (χ4v) is 3.53. The molecule has 0 aliphatic rings. The molecule has 0 bridgehead atoms. The standard InChI is InChI=1S/C13H20ClNOSi/c1-11(13-8-6-5-7-9-13)15(12(2)16)10-17(3,4)14/h5-9,11H,10H2,1-4H3/t11-/m0/s1. The molecule has 0 aliphatic carbocycles. The average Bonchev–Trinajstić information content (AvgIpc) is 2.25. The van der Waals surface area contributed by atoms with Crippen molar-refractivity contribution in [2.75, 3.05) is 6.17 Å². The Balaban J connectivity index is 2.89. The van der Waals surface area contributed by atoms with Gasteiger partial charge >= 0.3 is 0 Å². The van der Waals surface area contributed by atoms with Crippen LogP contribution in [-0.2, 0) is 4.79 Å². The van der Waals surface area contributed by atoms with E-state index in [1.807, 2.05) is 42.2 Å². The maximum Gasteiger partial charge on any atom is 0.219 e. The lowest BCUT2D eigenvalue weighted by atomic mass is 10.1. The van der Waals surface area contributed by atoms with Crippen LogP contribution in [0.15, 0.2) is 30.3 Å². The van der Waals surface area contributed by atoms with E-state index in [9.17, 15) is 4.79 Å². The summed E-state index contributed by atoms with van der Waals surface area (Å²) in [5.74, 6) is 0.0857. The molecule has 0 unspecified atom stereocenters. The Bertz CT molecular complexity index is 375. The average molecular weight is 270 g/mol. The normalized spacial score (nSPS) is 13.2. The largest absolute Gasteiger partial charge is 0.338 e. The second kappa shape index (κ2) is 5.69. The zero-order valence-electron chi connectivity index (χ0n) is 10.9. The molecule has 0 saturated heterocycles. The van der Waals surface area contributed by atoms with Gasteiger partial charge in [-0.15, -0.1) is 0 Å². The van der Waals surface area contributed by atoms with Gasteiger partial charge in [0.05, 0.1) is 6.04 Å². The lowest BCUT2D eigenvalue weighted by Crippen LogP contribution is -2.42. The van der Waals surface area contributed by atoms with E-state index in [4.69, 9.17) is 11.1 Å². The van der Waals surface area contributed by atoms with Crippen molar-refractivity contribution in [2.45, 2.75) is 33.0 Å². The molecule has 1 amide bonds. The zero-order chi connectivity index (χ0) is 13.1. The van der Waals surface area contributed by atoms with Crippen molar-refractivity contribution in [1.82, 2.24) is 4.90 Å². The van der Waals surface area contributed by atoms with Crippen LogP contribution in [0.1, 0.15) is 25.5 Å². The van der Waals surface area contributed by atoms with Crippen molar-refractivity contribution in [3.8, 4) is 0 Å². The molecule has 1 aromatic rings. The number of amides is 1. The van der Waals surface area contributed by atoms with E-state index in [1.165, 1.54) is 0 Å². The van der Waals surface area contributed by atoms with Gasteiger partial charge in [0.1, 0.15) is 0 Å². The molecule has 0 saturated carbocycles. The van der Waals surface area contributed by atoms with Gasteiger partial charge in [0.2, 0.25) is 5.91 Å². The van der Waals surface area contributed by atoms with Crippen LogP contribution in [0.2, 0.25) is 13.1 Å². The Hall–Kier alpha value is -0.803. The molecule has 0 spiro atoms. The lowest BCUT2D eigenvalue weighted by Gasteiger charge is -2.32. The monoisotopic (exact) mass is 269 g/mol. The fraction of sp³-hybridized carbons (Fsp3) is 0.462. The third-order valence-corrected chi connectivity index (χ3v) is 4.15. The van der Waals surface area contributed by atoms with Gasteiger partial charge < -0.3 is 4.90 Å². The summed E-state index contributed by atoms with van der Waals surface area (Å²) >= 11 is 6.35. The van der Waals surface area contributed by atoms with E-state index in [0.29, 0.717) is 6.17 Å². The first-order valence-electron chi connectivity index (χ1n) is 5.82. The van der Waals surface area contributed by atoms with Crippen LogP contribution >= 0.6 is 11.1 Å². The molecule has 0 radical (unpaired) electrons. The predicted octanol–water partition coefficient (Wildman–Crippen LogP) is 3.58. The molecule has 2 nitrogen and oxygen atoms in total. The maximum absolute atomic E-state index is 11.7. The summed E-state index contributed by atoms with van der Waals surface area (Å²) < 4.78 is 0. The molecule has 0 heterocycles. The summed E-state index contributed by atoms with van der Waals surface area (Å²) in [6.07, 6.45) is 0.681. The summed E-state index contributed by atoms with van der Waals surface area (Å²) in [4.78, 5) is 13.6. The quantitative estimate of drug-likeness (QED) is 0.604. The molecular weight excluding hydrogens is 250 g/mol. The highest BCUT2D eigenvalue weighted by Crippen LogP contribution is 2.23. The van der Waals surface area contributed by atoms with Crippen molar-refractivity contribution in [3.05, 3.63) is 35.9 Å². The highest BCUT2D eigenvalue weighted by molar-refractivity contribution is 7.19. The summed E-state index contributed by atoms with van der Waals surface area (Å²) in [5, 5.41) is 0. The second-order valence-electron chi connectivity index (χ2n) is 4.95. The van der Waals surface area contributed by atoms with Crippen molar-refractivity contribution in [2.24, 2.45) is 0 Å². The SMILES string of the molecule is CC(=O)N(C[Si](C)(C)Cl)[C@@H](C)c1ccccc1. The van der Waals surface area contributed by atoms with Crippen LogP contribution in [0, 0.1) is 0 Å². The van der Waals surface area contributed by atoms with Crippen LogP contribution in [0.3, 0.4) is 0 Å². The smallest absolute Gasteiger partial charge is 0.219 e. The number of hydrogen-bond acceptors (Lipinski definition) is 1. The summed E-state index contributed by atoms with van der Waals surface area (Å²) in [6.45, 7) is 7.77. The van der Waals surface area contributed by atoms with Gasteiger partial charge in [-0.1, -0.05) is 43.4 Å². The molecule has 17 heavy (non-hydrogen) atoms. The van der Waals surface area contributed by atoms with Gasteiger partial charge in [0.25, 0.3) is 0 Å². The zero-order valence-corrected chi connectivity index (χ0v) is 12.7. The molecule has 0 N–H and O–H groups in total. The maximum atomic E-state index is 11.7. The number of nitrogens with zero attached hydrogens (tertiary/aromatic N) is 1. The van der Waals surface area contributed by atoms with Gasteiger partial charge in [-0.3, -0.25) is 4.79 Å². The Morgan fingerprint density at radius 1 is 1.35 bits per heavy atom. The molecule has 94 valence electrons. The molecule has 1 rings (SSSR count). The Morgan fingerprint density at radius 2 is 1.88 bits per heavy atom. The first-order valence-corrected chi connectivity index (χ1v) is 10.0.